The number of aromatic nitrogens is 2. The van der Waals surface area contributed by atoms with Crippen LogP contribution in [-0.4, -0.2) is 56.6 Å². The molecule has 3 rings (SSSR count). The number of amides is 1. The number of rotatable bonds is 6. The Labute approximate surface area is 172 Å². The van der Waals surface area contributed by atoms with E-state index in [1.54, 1.807) is 13.0 Å². The molecular formula is C18H21Cl2N5O3. The van der Waals surface area contributed by atoms with Crippen LogP contribution in [0.15, 0.2) is 24.4 Å². The van der Waals surface area contributed by atoms with Crippen molar-refractivity contribution < 1.29 is 9.72 Å². The highest BCUT2D eigenvalue weighted by Gasteiger charge is 2.22. The second kappa shape index (κ2) is 8.89. The van der Waals surface area contributed by atoms with Crippen molar-refractivity contribution in [2.45, 2.75) is 26.4 Å². The van der Waals surface area contributed by atoms with Gasteiger partial charge in [0.05, 0.1) is 4.92 Å². The summed E-state index contributed by atoms with van der Waals surface area (Å²) < 4.78 is 1.46. The van der Waals surface area contributed by atoms with Gasteiger partial charge in [-0.3, -0.25) is 24.5 Å². The zero-order valence-corrected chi connectivity index (χ0v) is 17.0. The van der Waals surface area contributed by atoms with Gasteiger partial charge in [0.2, 0.25) is 5.91 Å². The normalized spacial score (nSPS) is 15.0. The van der Waals surface area contributed by atoms with Gasteiger partial charge in [-0.05, 0) is 24.6 Å². The van der Waals surface area contributed by atoms with Crippen molar-refractivity contribution in [3.8, 4) is 0 Å². The molecule has 28 heavy (non-hydrogen) atoms. The standard InChI is InChI=1S/C18H21Cl2N5O3/c1-13-17(25(27)28)12-24(21-13)5-4-18(26)23-8-6-22(7-9-23)11-14-2-3-15(19)10-16(14)20/h2-3,10,12H,4-9,11H2,1H3. The smallest absolute Gasteiger partial charge is 0.309 e. The molecule has 150 valence electrons. The van der Waals surface area contributed by atoms with Crippen LogP contribution in [0.5, 0.6) is 0 Å². The number of piperazine rings is 1. The Morgan fingerprint density at radius 1 is 1.25 bits per heavy atom. The van der Waals surface area contributed by atoms with Gasteiger partial charge in [-0.15, -0.1) is 0 Å². The lowest BCUT2D eigenvalue weighted by Gasteiger charge is -2.35. The van der Waals surface area contributed by atoms with Crippen LogP contribution in [0.25, 0.3) is 0 Å². The van der Waals surface area contributed by atoms with Gasteiger partial charge in [0.25, 0.3) is 0 Å². The summed E-state index contributed by atoms with van der Waals surface area (Å²) in [6, 6.07) is 5.48. The van der Waals surface area contributed by atoms with Crippen molar-refractivity contribution in [1.29, 1.82) is 0 Å². The van der Waals surface area contributed by atoms with Crippen molar-refractivity contribution in [1.82, 2.24) is 19.6 Å². The van der Waals surface area contributed by atoms with Crippen LogP contribution in [0.4, 0.5) is 5.69 Å². The Morgan fingerprint density at radius 2 is 1.96 bits per heavy atom. The molecule has 8 nitrogen and oxygen atoms in total. The van der Waals surface area contributed by atoms with Crippen LogP contribution in [0.1, 0.15) is 17.7 Å². The van der Waals surface area contributed by atoms with Gasteiger partial charge in [0, 0.05) is 55.7 Å². The molecule has 1 aromatic heterocycles. The predicted octanol–water partition coefficient (Wildman–Crippen LogP) is 3.14. The Balaban J connectivity index is 1.47. The van der Waals surface area contributed by atoms with E-state index >= 15 is 0 Å². The molecule has 0 saturated carbocycles. The number of benzene rings is 1. The summed E-state index contributed by atoms with van der Waals surface area (Å²) in [6.07, 6.45) is 1.64. The number of nitro groups is 1. The van der Waals surface area contributed by atoms with Crippen LogP contribution in [0.2, 0.25) is 10.0 Å². The first kappa shape index (κ1) is 20.6. The maximum Gasteiger partial charge on any atom is 0.309 e. The molecule has 2 aromatic rings. The molecule has 0 atom stereocenters. The molecule has 0 bridgehead atoms. The first-order valence-corrected chi connectivity index (χ1v) is 9.71. The molecule has 1 fully saturated rings. The minimum atomic E-state index is -0.465. The van der Waals surface area contributed by atoms with Crippen molar-refractivity contribution in [3.63, 3.8) is 0 Å². The second-order valence-corrected chi connectivity index (χ2v) is 7.61. The molecule has 0 unspecified atom stereocenters. The fourth-order valence-electron chi connectivity index (χ4n) is 3.22. The molecule has 1 aliphatic rings. The number of carbonyl (C=O) groups excluding carboxylic acids is 1. The zero-order valence-electron chi connectivity index (χ0n) is 15.5. The fourth-order valence-corrected chi connectivity index (χ4v) is 3.68. The molecule has 1 amide bonds. The third-order valence-corrected chi connectivity index (χ3v) is 5.39. The number of aryl methyl sites for hydroxylation is 2. The molecule has 0 radical (unpaired) electrons. The van der Waals surface area contributed by atoms with Gasteiger partial charge in [-0.1, -0.05) is 29.3 Å². The van der Waals surface area contributed by atoms with Gasteiger partial charge in [-0.25, -0.2) is 0 Å². The average molecular weight is 426 g/mol. The number of carbonyl (C=O) groups is 1. The van der Waals surface area contributed by atoms with E-state index in [2.05, 4.69) is 10.00 Å². The quantitative estimate of drug-likeness (QED) is 0.524. The SMILES string of the molecule is Cc1nn(CCC(=O)N2CCN(Cc3ccc(Cl)cc3Cl)CC2)cc1[N+](=O)[O-]. The average Bonchev–Trinajstić information content (AvgIpc) is 3.03. The lowest BCUT2D eigenvalue weighted by Crippen LogP contribution is -2.48. The van der Waals surface area contributed by atoms with E-state index in [0.29, 0.717) is 41.9 Å². The summed E-state index contributed by atoms with van der Waals surface area (Å²) >= 11 is 12.2. The monoisotopic (exact) mass is 425 g/mol. The summed E-state index contributed by atoms with van der Waals surface area (Å²) in [4.78, 5) is 26.9. The molecule has 0 N–H and O–H groups in total. The van der Waals surface area contributed by atoms with E-state index in [4.69, 9.17) is 23.2 Å². The van der Waals surface area contributed by atoms with E-state index < -0.39 is 4.92 Å². The maximum atomic E-state index is 12.5. The molecule has 1 aliphatic heterocycles. The molecule has 0 aliphatic carbocycles. The van der Waals surface area contributed by atoms with Crippen molar-refractivity contribution >= 4 is 34.8 Å². The minimum absolute atomic E-state index is 0.0260. The lowest BCUT2D eigenvalue weighted by atomic mass is 10.2. The van der Waals surface area contributed by atoms with Crippen molar-refractivity contribution in [3.05, 3.63) is 55.8 Å². The summed E-state index contributed by atoms with van der Waals surface area (Å²) in [5, 5.41) is 16.2. The summed E-state index contributed by atoms with van der Waals surface area (Å²) in [5.41, 5.74) is 1.34. The number of hydrogen-bond donors (Lipinski definition) is 0. The Kier molecular flexibility index (Phi) is 6.53. The summed E-state index contributed by atoms with van der Waals surface area (Å²) in [6.45, 7) is 5.43. The van der Waals surface area contributed by atoms with Crippen LogP contribution in [0.3, 0.4) is 0 Å². The topological polar surface area (TPSA) is 84.5 Å². The highest BCUT2D eigenvalue weighted by atomic mass is 35.5. The first-order valence-electron chi connectivity index (χ1n) is 8.96. The maximum absolute atomic E-state index is 12.5. The first-order chi connectivity index (χ1) is 13.3. The largest absolute Gasteiger partial charge is 0.340 e. The van der Waals surface area contributed by atoms with Crippen LogP contribution in [-0.2, 0) is 17.9 Å². The van der Waals surface area contributed by atoms with E-state index in [1.165, 1.54) is 10.9 Å². The molecule has 0 spiro atoms. The van der Waals surface area contributed by atoms with E-state index in [-0.39, 0.29) is 18.0 Å². The van der Waals surface area contributed by atoms with E-state index in [1.807, 2.05) is 17.0 Å². The van der Waals surface area contributed by atoms with Crippen molar-refractivity contribution in [2.75, 3.05) is 26.2 Å². The van der Waals surface area contributed by atoms with E-state index in [0.717, 1.165) is 18.7 Å². The van der Waals surface area contributed by atoms with Gasteiger partial charge in [-0.2, -0.15) is 5.10 Å². The third kappa shape index (κ3) is 5.01. The van der Waals surface area contributed by atoms with Crippen molar-refractivity contribution in [2.24, 2.45) is 0 Å². The molecule has 1 aromatic carbocycles. The number of nitrogens with zero attached hydrogens (tertiary/aromatic N) is 5. The highest BCUT2D eigenvalue weighted by Crippen LogP contribution is 2.23. The van der Waals surface area contributed by atoms with E-state index in [9.17, 15) is 14.9 Å². The Hall–Kier alpha value is -2.16. The predicted molar refractivity (Wildman–Crippen MR) is 107 cm³/mol. The lowest BCUT2D eigenvalue weighted by molar-refractivity contribution is -0.385. The van der Waals surface area contributed by atoms with Gasteiger partial charge in [0.15, 0.2) is 0 Å². The third-order valence-electron chi connectivity index (χ3n) is 4.81. The Bertz CT molecular complexity index is 878. The van der Waals surface area contributed by atoms with Gasteiger partial charge in [0.1, 0.15) is 11.9 Å². The number of halogens is 2. The van der Waals surface area contributed by atoms with Gasteiger partial charge < -0.3 is 4.90 Å². The van der Waals surface area contributed by atoms with Crippen LogP contribution >= 0.6 is 23.2 Å². The van der Waals surface area contributed by atoms with Gasteiger partial charge >= 0.3 is 5.69 Å². The fraction of sp³-hybridized carbons (Fsp3) is 0.444. The molecule has 1 saturated heterocycles. The molecular weight excluding hydrogens is 405 g/mol. The number of hydrogen-bond acceptors (Lipinski definition) is 5. The van der Waals surface area contributed by atoms with Crippen LogP contribution < -0.4 is 0 Å². The summed E-state index contributed by atoms with van der Waals surface area (Å²) in [5.74, 6) is 0.0278. The zero-order chi connectivity index (χ0) is 20.3. The summed E-state index contributed by atoms with van der Waals surface area (Å²) in [7, 11) is 0. The Morgan fingerprint density at radius 3 is 2.57 bits per heavy atom. The highest BCUT2D eigenvalue weighted by molar-refractivity contribution is 6.35. The second-order valence-electron chi connectivity index (χ2n) is 6.76. The minimum Gasteiger partial charge on any atom is -0.340 e. The molecule has 10 heteroatoms. The van der Waals surface area contributed by atoms with Crippen LogP contribution in [0, 0.1) is 17.0 Å². The molecule has 2 heterocycles.